The molecule has 4 aromatic rings. The van der Waals surface area contributed by atoms with E-state index in [0.29, 0.717) is 5.69 Å². The van der Waals surface area contributed by atoms with Crippen molar-refractivity contribution in [3.8, 4) is 6.07 Å². The molecule has 0 radical (unpaired) electrons. The fraction of sp³-hybridized carbons (Fsp3) is 0. The fourth-order valence-electron chi connectivity index (χ4n) is 2.24. The Kier molecular flexibility index (Phi) is 4.03. The molecule has 2 aromatic heterocycles. The molecule has 0 atom stereocenters. The van der Waals surface area contributed by atoms with Crippen LogP contribution in [0, 0.1) is 11.3 Å². The third-order valence-corrected chi connectivity index (χ3v) is 3.33. The van der Waals surface area contributed by atoms with Gasteiger partial charge in [0, 0.05) is 24.0 Å². The molecule has 0 bridgehead atoms. The Labute approximate surface area is 128 Å². The van der Waals surface area contributed by atoms with E-state index in [1.165, 1.54) is 10.8 Å². The average Bonchev–Trinajstić information content (AvgIpc) is 2.62. The largest absolute Gasteiger partial charge is 0.264 e. The second-order valence-electron chi connectivity index (χ2n) is 4.72. The molecule has 3 heteroatoms. The Balaban J connectivity index is 0.000000133. The lowest BCUT2D eigenvalue weighted by Crippen LogP contribution is -1.82. The number of nitrogens with zero attached hydrogens (tertiary/aromatic N) is 3. The summed E-state index contributed by atoms with van der Waals surface area (Å²) in [5.74, 6) is 0. The summed E-state index contributed by atoms with van der Waals surface area (Å²) in [5.41, 5.74) is 0.494. The van der Waals surface area contributed by atoms with Gasteiger partial charge in [-0.1, -0.05) is 48.5 Å². The molecule has 22 heavy (non-hydrogen) atoms. The van der Waals surface area contributed by atoms with Crippen LogP contribution in [0.25, 0.3) is 21.5 Å². The van der Waals surface area contributed by atoms with Gasteiger partial charge in [-0.2, -0.15) is 5.26 Å². The van der Waals surface area contributed by atoms with Crippen LogP contribution in [0.3, 0.4) is 0 Å². The first kappa shape index (κ1) is 13.7. The van der Waals surface area contributed by atoms with Crippen molar-refractivity contribution < 1.29 is 0 Å². The molecule has 104 valence electrons. The summed E-state index contributed by atoms with van der Waals surface area (Å²) in [7, 11) is 0. The summed E-state index contributed by atoms with van der Waals surface area (Å²) >= 11 is 0. The molecule has 0 fully saturated rings. The summed E-state index contributed by atoms with van der Waals surface area (Å²) in [6.45, 7) is 0. The van der Waals surface area contributed by atoms with E-state index in [4.69, 9.17) is 5.26 Å². The van der Waals surface area contributed by atoms with Crippen LogP contribution in [0.4, 0.5) is 0 Å². The van der Waals surface area contributed by atoms with Gasteiger partial charge in [-0.25, -0.2) is 4.98 Å². The Morgan fingerprint density at radius 3 is 2.18 bits per heavy atom. The maximum atomic E-state index is 8.72. The number of hydrogen-bond donors (Lipinski definition) is 0. The quantitative estimate of drug-likeness (QED) is 0.482. The second-order valence-corrected chi connectivity index (χ2v) is 4.72. The number of rotatable bonds is 0. The van der Waals surface area contributed by atoms with Crippen molar-refractivity contribution in [1.82, 2.24) is 9.97 Å². The number of nitriles is 1. The van der Waals surface area contributed by atoms with E-state index in [1.807, 2.05) is 60.9 Å². The van der Waals surface area contributed by atoms with Gasteiger partial charge in [-0.05, 0) is 28.3 Å². The lowest BCUT2D eigenvalue weighted by atomic mass is 10.1. The molecule has 4 rings (SSSR count). The monoisotopic (exact) mass is 283 g/mol. The van der Waals surface area contributed by atoms with Gasteiger partial charge in [0.1, 0.15) is 11.8 Å². The van der Waals surface area contributed by atoms with E-state index < -0.39 is 0 Å². The summed E-state index contributed by atoms with van der Waals surface area (Å²) in [6, 6.07) is 21.9. The van der Waals surface area contributed by atoms with Crippen LogP contribution < -0.4 is 0 Å². The van der Waals surface area contributed by atoms with Gasteiger partial charge < -0.3 is 0 Å². The lowest BCUT2D eigenvalue weighted by molar-refractivity contribution is 1.30. The fourth-order valence-corrected chi connectivity index (χ4v) is 2.24. The van der Waals surface area contributed by atoms with Crippen molar-refractivity contribution in [2.45, 2.75) is 0 Å². The van der Waals surface area contributed by atoms with Crippen molar-refractivity contribution in [3.63, 3.8) is 0 Å². The Morgan fingerprint density at radius 2 is 1.41 bits per heavy atom. The Morgan fingerprint density at radius 1 is 0.727 bits per heavy atom. The van der Waals surface area contributed by atoms with Crippen LogP contribution in [0.2, 0.25) is 0 Å². The topological polar surface area (TPSA) is 49.6 Å². The molecule has 0 aliphatic heterocycles. The molecule has 0 saturated carbocycles. The number of aromatic nitrogens is 2. The van der Waals surface area contributed by atoms with Gasteiger partial charge in [0.25, 0.3) is 0 Å². The van der Waals surface area contributed by atoms with E-state index in [2.05, 4.69) is 28.2 Å². The summed E-state index contributed by atoms with van der Waals surface area (Å²) in [5, 5.41) is 13.1. The van der Waals surface area contributed by atoms with E-state index >= 15 is 0 Å². The highest BCUT2D eigenvalue weighted by Crippen LogP contribution is 2.14. The van der Waals surface area contributed by atoms with Crippen LogP contribution in [0.5, 0.6) is 0 Å². The minimum absolute atomic E-state index is 0.494. The van der Waals surface area contributed by atoms with Crippen LogP contribution in [0.15, 0.2) is 79.3 Å². The molecule has 2 aromatic carbocycles. The molecule has 2 heterocycles. The third kappa shape index (κ3) is 2.92. The summed E-state index contributed by atoms with van der Waals surface area (Å²) < 4.78 is 0. The lowest BCUT2D eigenvalue weighted by Gasteiger charge is -1.96. The number of benzene rings is 2. The van der Waals surface area contributed by atoms with Crippen LogP contribution in [0.1, 0.15) is 5.69 Å². The molecule has 0 aliphatic carbocycles. The number of fused-ring (bicyclic) bond motifs is 2. The molecule has 0 aliphatic rings. The SMILES string of the molecule is N#Cc1nccc2ccccc12.c1ccc2cnccc2c1. The van der Waals surface area contributed by atoms with Gasteiger partial charge in [0.2, 0.25) is 0 Å². The highest BCUT2D eigenvalue weighted by molar-refractivity contribution is 5.86. The second kappa shape index (κ2) is 6.47. The summed E-state index contributed by atoms with van der Waals surface area (Å²) in [4.78, 5) is 7.98. The molecular weight excluding hydrogens is 270 g/mol. The molecule has 0 N–H and O–H groups in total. The van der Waals surface area contributed by atoms with Gasteiger partial charge in [-0.3, -0.25) is 4.98 Å². The van der Waals surface area contributed by atoms with Crippen molar-refractivity contribution in [2.24, 2.45) is 0 Å². The smallest absolute Gasteiger partial charge is 0.148 e. The molecule has 0 unspecified atom stereocenters. The highest BCUT2D eigenvalue weighted by atomic mass is 14.7. The first-order chi connectivity index (χ1) is 10.9. The maximum absolute atomic E-state index is 8.72. The Bertz CT molecular complexity index is 884. The zero-order valence-electron chi connectivity index (χ0n) is 11.8. The Hall–Kier alpha value is -3.25. The minimum atomic E-state index is 0.494. The van der Waals surface area contributed by atoms with E-state index in [0.717, 1.165) is 10.8 Å². The highest BCUT2D eigenvalue weighted by Gasteiger charge is 1.97. The predicted molar refractivity (Wildman–Crippen MR) is 88.2 cm³/mol. The van der Waals surface area contributed by atoms with Crippen LogP contribution in [-0.2, 0) is 0 Å². The molecule has 3 nitrogen and oxygen atoms in total. The molecule has 0 saturated heterocycles. The van der Waals surface area contributed by atoms with E-state index in [1.54, 1.807) is 6.20 Å². The average molecular weight is 283 g/mol. The van der Waals surface area contributed by atoms with Crippen molar-refractivity contribution in [2.75, 3.05) is 0 Å². The van der Waals surface area contributed by atoms with Gasteiger partial charge >= 0.3 is 0 Å². The van der Waals surface area contributed by atoms with Crippen LogP contribution in [-0.4, -0.2) is 9.97 Å². The summed E-state index contributed by atoms with van der Waals surface area (Å²) in [6.07, 6.45) is 5.33. The zero-order valence-corrected chi connectivity index (χ0v) is 11.8. The number of pyridine rings is 2. The normalized spacial score (nSPS) is 9.77. The first-order valence-electron chi connectivity index (χ1n) is 6.91. The number of hydrogen-bond acceptors (Lipinski definition) is 3. The van der Waals surface area contributed by atoms with Gasteiger partial charge in [0.05, 0.1) is 0 Å². The minimum Gasteiger partial charge on any atom is -0.264 e. The molecule has 0 amide bonds. The predicted octanol–water partition coefficient (Wildman–Crippen LogP) is 4.34. The van der Waals surface area contributed by atoms with Crippen LogP contribution >= 0.6 is 0 Å². The van der Waals surface area contributed by atoms with E-state index in [9.17, 15) is 0 Å². The maximum Gasteiger partial charge on any atom is 0.148 e. The zero-order chi connectivity index (χ0) is 15.2. The first-order valence-corrected chi connectivity index (χ1v) is 6.91. The molecule has 0 spiro atoms. The molecular formula is C19H13N3. The standard InChI is InChI=1S/C10H6N2.C9H7N/c11-7-10-9-4-2-1-3-8(9)5-6-12-10;1-2-4-9-7-10-6-5-8(9)3-1/h1-6H;1-7H. The van der Waals surface area contributed by atoms with Crippen molar-refractivity contribution in [1.29, 1.82) is 5.26 Å². The third-order valence-electron chi connectivity index (χ3n) is 3.33. The van der Waals surface area contributed by atoms with Crippen molar-refractivity contribution in [3.05, 3.63) is 84.9 Å². The van der Waals surface area contributed by atoms with Crippen molar-refractivity contribution >= 4 is 21.5 Å². The van der Waals surface area contributed by atoms with Gasteiger partial charge in [-0.15, -0.1) is 0 Å². The van der Waals surface area contributed by atoms with Gasteiger partial charge in [0.15, 0.2) is 0 Å². The van der Waals surface area contributed by atoms with E-state index in [-0.39, 0.29) is 0 Å².